The van der Waals surface area contributed by atoms with Gasteiger partial charge < -0.3 is 5.11 Å². The molecule has 1 N–H and O–H groups in total. The van der Waals surface area contributed by atoms with Crippen molar-refractivity contribution in [2.75, 3.05) is 6.61 Å². The smallest absolute Gasteiger partial charge is 0.305 e. The van der Waals surface area contributed by atoms with Crippen LogP contribution in [0.5, 0.6) is 0 Å². The van der Waals surface area contributed by atoms with Crippen molar-refractivity contribution < 1.29 is 14.4 Å². The molecule has 2 rings (SSSR count). The van der Waals surface area contributed by atoms with Crippen molar-refractivity contribution in [3.8, 4) is 0 Å². The second-order valence-electron chi connectivity index (χ2n) is 5.18. The Balaban J connectivity index is 2.27. The van der Waals surface area contributed by atoms with Crippen molar-refractivity contribution in [2.24, 2.45) is 5.92 Å². The Morgan fingerprint density at radius 3 is 2.70 bits per heavy atom. The van der Waals surface area contributed by atoms with E-state index in [4.69, 9.17) is 0 Å². The van der Waals surface area contributed by atoms with Gasteiger partial charge in [-0.05, 0) is 36.0 Å². The summed E-state index contributed by atoms with van der Waals surface area (Å²) in [4.78, 5) is 10.00. The molecular formula is C15H18FNO3. The lowest BCUT2D eigenvalue weighted by Crippen LogP contribution is -2.11. The number of hydrogen-bond acceptors (Lipinski definition) is 3. The largest absolute Gasteiger partial charge is 0.392 e. The van der Waals surface area contributed by atoms with Gasteiger partial charge in [-0.3, -0.25) is 10.1 Å². The fraction of sp³-hybridized carbons (Fsp3) is 0.467. The summed E-state index contributed by atoms with van der Waals surface area (Å²) in [6, 6.07) is 3.81. The Kier molecular flexibility index (Phi) is 4.84. The van der Waals surface area contributed by atoms with Gasteiger partial charge in [0.2, 0.25) is 5.82 Å². The number of nitro groups is 1. The van der Waals surface area contributed by atoms with Crippen molar-refractivity contribution in [3.05, 3.63) is 45.3 Å². The van der Waals surface area contributed by atoms with E-state index in [2.05, 4.69) is 0 Å². The molecule has 0 radical (unpaired) electrons. The number of aliphatic hydroxyl groups is 1. The van der Waals surface area contributed by atoms with E-state index in [1.165, 1.54) is 18.6 Å². The maximum atomic E-state index is 13.3. The Morgan fingerprint density at radius 1 is 1.40 bits per heavy atom. The Bertz CT molecular complexity index is 522. The van der Waals surface area contributed by atoms with Gasteiger partial charge in [0.05, 0.1) is 11.5 Å². The minimum atomic E-state index is -0.838. The normalized spacial score (nSPS) is 17.2. The van der Waals surface area contributed by atoms with E-state index in [-0.39, 0.29) is 6.61 Å². The van der Waals surface area contributed by atoms with Gasteiger partial charge in [0.1, 0.15) is 0 Å². The van der Waals surface area contributed by atoms with Crippen LogP contribution in [0.15, 0.2) is 23.8 Å². The van der Waals surface area contributed by atoms with Crippen molar-refractivity contribution in [1.29, 1.82) is 0 Å². The van der Waals surface area contributed by atoms with E-state index < -0.39 is 16.4 Å². The SMILES string of the molecule is O=[N+]([O-])c1cc(/C=C(/CO)C2CCCCC2)ccc1F. The van der Waals surface area contributed by atoms with Crippen LogP contribution >= 0.6 is 0 Å². The molecule has 5 heteroatoms. The molecule has 0 saturated heterocycles. The highest BCUT2D eigenvalue weighted by Crippen LogP contribution is 2.31. The Labute approximate surface area is 117 Å². The number of aliphatic hydroxyl groups excluding tert-OH is 1. The van der Waals surface area contributed by atoms with Crippen molar-refractivity contribution in [1.82, 2.24) is 0 Å². The molecule has 20 heavy (non-hydrogen) atoms. The molecule has 1 aliphatic rings. The summed E-state index contributed by atoms with van der Waals surface area (Å²) in [5.74, 6) is -0.506. The fourth-order valence-electron chi connectivity index (χ4n) is 2.74. The predicted molar refractivity (Wildman–Crippen MR) is 74.7 cm³/mol. The molecule has 0 heterocycles. The van der Waals surface area contributed by atoms with E-state index in [0.717, 1.165) is 37.3 Å². The van der Waals surface area contributed by atoms with Crippen LogP contribution in [-0.4, -0.2) is 16.6 Å². The minimum Gasteiger partial charge on any atom is -0.392 e. The molecule has 1 aliphatic carbocycles. The second-order valence-corrected chi connectivity index (χ2v) is 5.18. The topological polar surface area (TPSA) is 63.4 Å². The van der Waals surface area contributed by atoms with Gasteiger partial charge in [-0.25, -0.2) is 0 Å². The molecule has 0 spiro atoms. The molecule has 0 bridgehead atoms. The van der Waals surface area contributed by atoms with E-state index in [9.17, 15) is 19.6 Å². The molecule has 1 saturated carbocycles. The van der Waals surface area contributed by atoms with Crippen LogP contribution < -0.4 is 0 Å². The average Bonchev–Trinajstić information content (AvgIpc) is 2.47. The highest BCUT2D eigenvalue weighted by Gasteiger charge is 2.18. The first-order valence-corrected chi connectivity index (χ1v) is 6.87. The highest BCUT2D eigenvalue weighted by atomic mass is 19.1. The lowest BCUT2D eigenvalue weighted by atomic mass is 9.83. The maximum absolute atomic E-state index is 13.3. The van der Waals surface area contributed by atoms with Gasteiger partial charge in [-0.1, -0.05) is 31.4 Å². The van der Waals surface area contributed by atoms with E-state index in [0.29, 0.717) is 11.5 Å². The molecule has 0 aliphatic heterocycles. The summed E-state index contributed by atoms with van der Waals surface area (Å²) in [5.41, 5.74) is 0.915. The van der Waals surface area contributed by atoms with E-state index >= 15 is 0 Å². The summed E-state index contributed by atoms with van der Waals surface area (Å²) in [6.45, 7) is -0.0597. The van der Waals surface area contributed by atoms with Crippen LogP contribution in [-0.2, 0) is 0 Å². The third kappa shape index (κ3) is 3.42. The van der Waals surface area contributed by atoms with Crippen LogP contribution in [0.1, 0.15) is 37.7 Å². The number of nitro benzene ring substituents is 1. The van der Waals surface area contributed by atoms with Gasteiger partial charge >= 0.3 is 5.69 Å². The van der Waals surface area contributed by atoms with Crippen molar-refractivity contribution in [2.45, 2.75) is 32.1 Å². The van der Waals surface area contributed by atoms with Crippen LogP contribution in [0.4, 0.5) is 10.1 Å². The molecule has 1 aromatic carbocycles. The van der Waals surface area contributed by atoms with Gasteiger partial charge in [-0.15, -0.1) is 0 Å². The summed E-state index contributed by atoms with van der Waals surface area (Å²) in [6.07, 6.45) is 7.34. The van der Waals surface area contributed by atoms with Crippen LogP contribution in [0, 0.1) is 21.8 Å². The zero-order valence-electron chi connectivity index (χ0n) is 11.2. The zero-order chi connectivity index (χ0) is 14.5. The number of benzene rings is 1. The number of hydrogen-bond donors (Lipinski definition) is 1. The zero-order valence-corrected chi connectivity index (χ0v) is 11.2. The lowest BCUT2D eigenvalue weighted by molar-refractivity contribution is -0.387. The van der Waals surface area contributed by atoms with Crippen LogP contribution in [0.3, 0.4) is 0 Å². The molecule has 0 atom stereocenters. The Hall–Kier alpha value is -1.75. The second kappa shape index (κ2) is 6.61. The first-order valence-electron chi connectivity index (χ1n) is 6.87. The van der Waals surface area contributed by atoms with Gasteiger partial charge in [0.25, 0.3) is 0 Å². The molecular weight excluding hydrogens is 261 g/mol. The third-order valence-corrected chi connectivity index (χ3v) is 3.83. The first-order chi connectivity index (χ1) is 9.61. The monoisotopic (exact) mass is 279 g/mol. The van der Waals surface area contributed by atoms with E-state index in [1.807, 2.05) is 0 Å². The Morgan fingerprint density at radius 2 is 2.10 bits per heavy atom. The molecule has 1 aromatic rings. The molecule has 0 aromatic heterocycles. The first kappa shape index (κ1) is 14.7. The van der Waals surface area contributed by atoms with Gasteiger partial charge in [0.15, 0.2) is 0 Å². The van der Waals surface area contributed by atoms with Crippen LogP contribution in [0.2, 0.25) is 0 Å². The fourth-order valence-corrected chi connectivity index (χ4v) is 2.74. The molecule has 0 amide bonds. The summed E-state index contributed by atoms with van der Waals surface area (Å²) in [5, 5.41) is 20.2. The number of rotatable bonds is 4. The third-order valence-electron chi connectivity index (χ3n) is 3.83. The average molecular weight is 279 g/mol. The van der Waals surface area contributed by atoms with Crippen molar-refractivity contribution >= 4 is 11.8 Å². The minimum absolute atomic E-state index is 0.0597. The summed E-state index contributed by atoms with van der Waals surface area (Å²) < 4.78 is 13.3. The standard InChI is InChI=1S/C15H18FNO3/c16-14-7-6-11(9-15(14)17(19)20)8-13(10-18)12-4-2-1-3-5-12/h6-9,12,18H,1-5,10H2/b13-8-. The number of halogens is 1. The summed E-state index contributed by atoms with van der Waals surface area (Å²) >= 11 is 0. The molecule has 108 valence electrons. The van der Waals surface area contributed by atoms with Gasteiger partial charge in [0, 0.05) is 6.07 Å². The summed E-state index contributed by atoms with van der Waals surface area (Å²) in [7, 11) is 0. The van der Waals surface area contributed by atoms with E-state index in [1.54, 1.807) is 6.08 Å². The predicted octanol–water partition coefficient (Wildman–Crippen LogP) is 3.69. The maximum Gasteiger partial charge on any atom is 0.305 e. The molecule has 4 nitrogen and oxygen atoms in total. The van der Waals surface area contributed by atoms with Crippen molar-refractivity contribution in [3.63, 3.8) is 0 Å². The van der Waals surface area contributed by atoms with Crippen LogP contribution in [0.25, 0.3) is 6.08 Å². The molecule has 1 fully saturated rings. The van der Waals surface area contributed by atoms with Gasteiger partial charge in [-0.2, -0.15) is 4.39 Å². The molecule has 0 unspecified atom stereocenters. The highest BCUT2D eigenvalue weighted by molar-refractivity contribution is 5.57. The lowest BCUT2D eigenvalue weighted by Gasteiger charge is -2.23. The quantitative estimate of drug-likeness (QED) is 0.675. The number of nitrogens with zero attached hydrogens (tertiary/aromatic N) is 1.